The molecular weight excluding hydrogens is 128 g/mol. The zero-order valence-electron chi connectivity index (χ0n) is 6.05. The molecule has 1 heterocycles. The number of nitrogens with two attached hydrogens (primary N) is 1. The summed E-state index contributed by atoms with van der Waals surface area (Å²) < 4.78 is 4.91. The van der Waals surface area contributed by atoms with Gasteiger partial charge in [-0.25, -0.2) is 0 Å². The molecule has 1 rings (SSSR count). The van der Waals surface area contributed by atoms with Crippen molar-refractivity contribution in [1.82, 2.24) is 4.98 Å². The maximum absolute atomic E-state index is 5.39. The van der Waals surface area contributed by atoms with Crippen LogP contribution in [0, 0.1) is 0 Å². The van der Waals surface area contributed by atoms with Gasteiger partial charge in [-0.3, -0.25) is 0 Å². The summed E-state index contributed by atoms with van der Waals surface area (Å²) in [4.78, 5) is 3.11. The van der Waals surface area contributed by atoms with Crippen molar-refractivity contribution in [2.75, 3.05) is 7.11 Å². The average molecular weight is 140 g/mol. The van der Waals surface area contributed by atoms with Crippen LogP contribution >= 0.6 is 0 Å². The maximum Gasteiger partial charge on any atom is 0.0861 e. The second-order valence-corrected chi connectivity index (χ2v) is 2.15. The predicted molar refractivity (Wildman–Crippen MR) is 39.4 cm³/mol. The summed E-state index contributed by atoms with van der Waals surface area (Å²) in [6, 6.07) is 3.94. The molecule has 3 N–H and O–H groups in total. The molecule has 0 amide bonds. The first kappa shape index (κ1) is 7.31. The number of ether oxygens (including phenoxy) is 1. The highest BCUT2D eigenvalue weighted by Gasteiger charge is 1.94. The molecule has 0 aliphatic heterocycles. The predicted octanol–water partition coefficient (Wildman–Crippen LogP) is 0.620. The van der Waals surface area contributed by atoms with Gasteiger partial charge < -0.3 is 15.5 Å². The van der Waals surface area contributed by atoms with Gasteiger partial charge in [-0.1, -0.05) is 0 Å². The molecule has 0 unspecified atom stereocenters. The van der Waals surface area contributed by atoms with Crippen molar-refractivity contribution in [3.05, 3.63) is 23.5 Å². The number of H-pyrrole nitrogens is 1. The highest BCUT2D eigenvalue weighted by Crippen LogP contribution is 2.01. The molecule has 10 heavy (non-hydrogen) atoms. The van der Waals surface area contributed by atoms with Gasteiger partial charge in [0.2, 0.25) is 0 Å². The van der Waals surface area contributed by atoms with E-state index in [0.29, 0.717) is 13.2 Å². The van der Waals surface area contributed by atoms with Crippen molar-refractivity contribution in [3.63, 3.8) is 0 Å². The summed E-state index contributed by atoms with van der Waals surface area (Å²) in [6.45, 7) is 1.18. The Hall–Kier alpha value is -0.800. The number of methoxy groups -OCH3 is 1. The molecule has 1 aromatic rings. The van der Waals surface area contributed by atoms with Crippen LogP contribution in [0.3, 0.4) is 0 Å². The maximum atomic E-state index is 5.39. The van der Waals surface area contributed by atoms with Crippen molar-refractivity contribution in [2.24, 2.45) is 5.73 Å². The Kier molecular flexibility index (Phi) is 2.48. The largest absolute Gasteiger partial charge is 0.378 e. The lowest BCUT2D eigenvalue weighted by Gasteiger charge is -1.93. The summed E-state index contributed by atoms with van der Waals surface area (Å²) in [5.74, 6) is 0. The van der Waals surface area contributed by atoms with Crippen molar-refractivity contribution in [3.8, 4) is 0 Å². The standard InChI is InChI=1S/C7H12N2O/c1-10-5-7-3-2-6(4-8)9-7/h2-3,9H,4-5,8H2,1H3. The highest BCUT2D eigenvalue weighted by atomic mass is 16.5. The fraction of sp³-hybridized carbons (Fsp3) is 0.429. The lowest BCUT2D eigenvalue weighted by Crippen LogP contribution is -1.96. The zero-order chi connectivity index (χ0) is 7.40. The first-order valence-corrected chi connectivity index (χ1v) is 3.22. The number of aromatic nitrogens is 1. The molecule has 0 bridgehead atoms. The van der Waals surface area contributed by atoms with Gasteiger partial charge in [0.15, 0.2) is 0 Å². The molecule has 0 fully saturated rings. The SMILES string of the molecule is COCc1ccc(CN)[nH]1. The van der Waals surface area contributed by atoms with Crippen LogP contribution in [-0.4, -0.2) is 12.1 Å². The van der Waals surface area contributed by atoms with Crippen molar-refractivity contribution in [1.29, 1.82) is 0 Å². The van der Waals surface area contributed by atoms with Gasteiger partial charge in [0.05, 0.1) is 6.61 Å². The van der Waals surface area contributed by atoms with Gasteiger partial charge in [0, 0.05) is 25.0 Å². The van der Waals surface area contributed by atoms with Crippen molar-refractivity contribution >= 4 is 0 Å². The van der Waals surface area contributed by atoms with E-state index in [1.807, 2.05) is 12.1 Å². The monoisotopic (exact) mass is 140 g/mol. The van der Waals surface area contributed by atoms with Crippen LogP contribution < -0.4 is 5.73 Å². The second kappa shape index (κ2) is 3.39. The van der Waals surface area contributed by atoms with E-state index in [0.717, 1.165) is 11.4 Å². The zero-order valence-corrected chi connectivity index (χ0v) is 6.05. The Morgan fingerprint density at radius 3 is 2.70 bits per heavy atom. The van der Waals surface area contributed by atoms with E-state index >= 15 is 0 Å². The van der Waals surface area contributed by atoms with Crippen LogP contribution in [0.2, 0.25) is 0 Å². The van der Waals surface area contributed by atoms with Gasteiger partial charge in [0.1, 0.15) is 0 Å². The molecular formula is C7H12N2O. The molecule has 0 aromatic carbocycles. The van der Waals surface area contributed by atoms with E-state index in [9.17, 15) is 0 Å². The molecule has 0 radical (unpaired) electrons. The number of nitrogens with one attached hydrogen (secondary N) is 1. The van der Waals surface area contributed by atoms with Gasteiger partial charge >= 0.3 is 0 Å². The third kappa shape index (κ3) is 1.59. The number of hydrogen-bond acceptors (Lipinski definition) is 2. The first-order chi connectivity index (χ1) is 4.86. The quantitative estimate of drug-likeness (QED) is 0.646. The fourth-order valence-corrected chi connectivity index (χ4v) is 0.850. The first-order valence-electron chi connectivity index (χ1n) is 3.22. The summed E-state index contributed by atoms with van der Waals surface area (Å²) in [7, 11) is 1.67. The Balaban J connectivity index is 2.59. The summed E-state index contributed by atoms with van der Waals surface area (Å²) in [5, 5.41) is 0. The summed E-state index contributed by atoms with van der Waals surface area (Å²) in [5.41, 5.74) is 7.51. The van der Waals surface area contributed by atoms with Crippen LogP contribution in [-0.2, 0) is 17.9 Å². The van der Waals surface area contributed by atoms with E-state index in [1.165, 1.54) is 0 Å². The fourth-order valence-electron chi connectivity index (χ4n) is 0.850. The molecule has 56 valence electrons. The average Bonchev–Trinajstić information content (AvgIpc) is 2.37. The molecule has 0 spiro atoms. The van der Waals surface area contributed by atoms with Crippen molar-refractivity contribution < 1.29 is 4.74 Å². The van der Waals surface area contributed by atoms with E-state index < -0.39 is 0 Å². The van der Waals surface area contributed by atoms with Crippen LogP contribution in [0.15, 0.2) is 12.1 Å². The van der Waals surface area contributed by atoms with Gasteiger partial charge in [-0.15, -0.1) is 0 Å². The van der Waals surface area contributed by atoms with E-state index in [4.69, 9.17) is 10.5 Å². The second-order valence-electron chi connectivity index (χ2n) is 2.15. The normalized spacial score (nSPS) is 10.2. The smallest absolute Gasteiger partial charge is 0.0861 e. The molecule has 0 atom stereocenters. The summed E-state index contributed by atoms with van der Waals surface area (Å²) in [6.07, 6.45) is 0. The lowest BCUT2D eigenvalue weighted by atomic mass is 10.4. The molecule has 0 saturated carbocycles. The van der Waals surface area contributed by atoms with Crippen molar-refractivity contribution in [2.45, 2.75) is 13.2 Å². The number of aromatic amines is 1. The van der Waals surface area contributed by atoms with Gasteiger partial charge in [-0.05, 0) is 12.1 Å². The molecule has 0 aliphatic rings. The minimum Gasteiger partial charge on any atom is -0.378 e. The van der Waals surface area contributed by atoms with Crippen LogP contribution in [0.5, 0.6) is 0 Å². The van der Waals surface area contributed by atoms with E-state index in [2.05, 4.69) is 4.98 Å². The Bertz CT molecular complexity index is 195. The molecule has 3 nitrogen and oxygen atoms in total. The van der Waals surface area contributed by atoms with Crippen LogP contribution in [0.1, 0.15) is 11.4 Å². The highest BCUT2D eigenvalue weighted by molar-refractivity contribution is 5.11. The Morgan fingerprint density at radius 2 is 2.20 bits per heavy atom. The third-order valence-corrected chi connectivity index (χ3v) is 1.33. The molecule has 0 aliphatic carbocycles. The van der Waals surface area contributed by atoms with Crippen LogP contribution in [0.25, 0.3) is 0 Å². The van der Waals surface area contributed by atoms with E-state index in [1.54, 1.807) is 7.11 Å². The minimum absolute atomic E-state index is 0.559. The number of rotatable bonds is 3. The Labute approximate surface area is 60.2 Å². The number of hydrogen-bond donors (Lipinski definition) is 2. The topological polar surface area (TPSA) is 51.0 Å². The van der Waals surface area contributed by atoms with Gasteiger partial charge in [0.25, 0.3) is 0 Å². The molecule has 3 heteroatoms. The Morgan fingerprint density at radius 1 is 1.50 bits per heavy atom. The van der Waals surface area contributed by atoms with Crippen LogP contribution in [0.4, 0.5) is 0 Å². The molecule has 0 saturated heterocycles. The summed E-state index contributed by atoms with van der Waals surface area (Å²) >= 11 is 0. The minimum atomic E-state index is 0.559. The van der Waals surface area contributed by atoms with Gasteiger partial charge in [-0.2, -0.15) is 0 Å². The lowest BCUT2D eigenvalue weighted by molar-refractivity contribution is 0.182. The third-order valence-electron chi connectivity index (χ3n) is 1.33. The van der Waals surface area contributed by atoms with E-state index in [-0.39, 0.29) is 0 Å². The molecule has 1 aromatic heterocycles.